The van der Waals surface area contributed by atoms with Gasteiger partial charge in [-0.25, -0.2) is 0 Å². The van der Waals surface area contributed by atoms with Gasteiger partial charge in [-0.2, -0.15) is 0 Å². The Balaban J connectivity index is 1.55. The smallest absolute Gasteiger partial charge is 0.233 e. The fourth-order valence-corrected chi connectivity index (χ4v) is 4.02. The first-order valence-corrected chi connectivity index (χ1v) is 9.09. The van der Waals surface area contributed by atoms with Gasteiger partial charge in [0.15, 0.2) is 0 Å². The zero-order valence-electron chi connectivity index (χ0n) is 13.5. The van der Waals surface area contributed by atoms with Gasteiger partial charge >= 0.3 is 0 Å². The third kappa shape index (κ3) is 4.19. The van der Waals surface area contributed by atoms with Crippen LogP contribution in [0.25, 0.3) is 0 Å². The maximum atomic E-state index is 12.6. The first kappa shape index (κ1) is 16.6. The van der Waals surface area contributed by atoms with Gasteiger partial charge in [-0.3, -0.25) is 4.79 Å². The van der Waals surface area contributed by atoms with Crippen LogP contribution < -0.4 is 10.1 Å². The van der Waals surface area contributed by atoms with E-state index in [-0.39, 0.29) is 11.5 Å². The summed E-state index contributed by atoms with van der Waals surface area (Å²) >= 11 is 1.56. The summed E-state index contributed by atoms with van der Waals surface area (Å²) in [6.07, 6.45) is 1.97. The average Bonchev–Trinajstić information content (AvgIpc) is 2.60. The number of amides is 1. The van der Waals surface area contributed by atoms with Crippen LogP contribution in [-0.4, -0.2) is 62.1 Å². The van der Waals surface area contributed by atoms with Crippen molar-refractivity contribution in [3.63, 3.8) is 0 Å². The highest BCUT2D eigenvalue weighted by Gasteiger charge is 2.39. The number of piperidine rings is 1. The molecule has 1 N–H and O–H groups in total. The summed E-state index contributed by atoms with van der Waals surface area (Å²) in [5.41, 5.74) is -0.125. The molecule has 0 saturated carbocycles. The predicted molar refractivity (Wildman–Crippen MR) is 91.1 cm³/mol. The van der Waals surface area contributed by atoms with Crippen LogP contribution in [0.2, 0.25) is 0 Å². The summed E-state index contributed by atoms with van der Waals surface area (Å²) in [5, 5.41) is 3.36. The van der Waals surface area contributed by atoms with Crippen molar-refractivity contribution in [2.45, 2.75) is 23.3 Å². The minimum atomic E-state index is -0.125. The maximum Gasteiger partial charge on any atom is 0.233 e. The van der Waals surface area contributed by atoms with E-state index in [4.69, 9.17) is 9.47 Å². The van der Waals surface area contributed by atoms with E-state index >= 15 is 0 Å². The number of benzene rings is 1. The molecule has 2 heterocycles. The standard InChI is InChI=1S/C17H24N2O3S/c1-21-14-3-2-4-15(11-14)23-12-16(20)19-9-10-22-17(13-19)5-7-18-8-6-17/h2-4,11,18H,5-10,12-13H2,1H3. The van der Waals surface area contributed by atoms with E-state index in [0.717, 1.165) is 43.1 Å². The van der Waals surface area contributed by atoms with Crippen LogP contribution >= 0.6 is 11.8 Å². The molecule has 0 bridgehead atoms. The Morgan fingerprint density at radius 2 is 2.26 bits per heavy atom. The predicted octanol–water partition coefficient (Wildman–Crippen LogP) is 1.77. The number of ether oxygens (including phenoxy) is 2. The molecule has 126 valence electrons. The fraction of sp³-hybridized carbons (Fsp3) is 0.588. The zero-order valence-corrected chi connectivity index (χ0v) is 14.4. The minimum Gasteiger partial charge on any atom is -0.497 e. The Labute approximate surface area is 141 Å². The molecule has 2 aliphatic heterocycles. The number of nitrogens with one attached hydrogen (secondary N) is 1. The second kappa shape index (κ2) is 7.55. The first-order chi connectivity index (χ1) is 11.2. The molecule has 0 aliphatic carbocycles. The van der Waals surface area contributed by atoms with E-state index in [1.54, 1.807) is 18.9 Å². The molecular formula is C17H24N2O3S. The maximum absolute atomic E-state index is 12.6. The number of morpholine rings is 1. The fourth-order valence-electron chi connectivity index (χ4n) is 3.17. The molecule has 2 aliphatic rings. The van der Waals surface area contributed by atoms with Crippen LogP contribution in [0, 0.1) is 0 Å². The van der Waals surface area contributed by atoms with Gasteiger partial charge in [-0.05, 0) is 44.1 Å². The van der Waals surface area contributed by atoms with Crippen molar-refractivity contribution in [1.82, 2.24) is 10.2 Å². The van der Waals surface area contributed by atoms with Crippen molar-refractivity contribution < 1.29 is 14.3 Å². The van der Waals surface area contributed by atoms with Gasteiger partial charge in [0.05, 0.1) is 25.1 Å². The zero-order chi connectivity index (χ0) is 16.1. The van der Waals surface area contributed by atoms with Crippen LogP contribution in [0.3, 0.4) is 0 Å². The van der Waals surface area contributed by atoms with Gasteiger partial charge in [0.25, 0.3) is 0 Å². The molecule has 1 aromatic carbocycles. The van der Waals surface area contributed by atoms with Crippen LogP contribution in [0.15, 0.2) is 29.2 Å². The Hall–Kier alpha value is -1.24. The van der Waals surface area contributed by atoms with E-state index in [9.17, 15) is 4.79 Å². The molecule has 0 radical (unpaired) electrons. The monoisotopic (exact) mass is 336 g/mol. The number of carbonyl (C=O) groups is 1. The number of rotatable bonds is 4. The summed E-state index contributed by atoms with van der Waals surface area (Å²) in [4.78, 5) is 15.6. The lowest BCUT2D eigenvalue weighted by Crippen LogP contribution is -2.57. The Morgan fingerprint density at radius 3 is 3.04 bits per heavy atom. The molecule has 0 unspecified atom stereocenters. The van der Waals surface area contributed by atoms with Crippen LogP contribution in [0.1, 0.15) is 12.8 Å². The highest BCUT2D eigenvalue weighted by molar-refractivity contribution is 8.00. The molecule has 2 saturated heterocycles. The quantitative estimate of drug-likeness (QED) is 0.849. The number of carbonyl (C=O) groups excluding carboxylic acids is 1. The van der Waals surface area contributed by atoms with Crippen LogP contribution in [0.4, 0.5) is 0 Å². The molecule has 1 aromatic rings. The van der Waals surface area contributed by atoms with Crippen LogP contribution in [0.5, 0.6) is 5.75 Å². The number of nitrogens with zero attached hydrogens (tertiary/aromatic N) is 1. The van der Waals surface area contributed by atoms with E-state index < -0.39 is 0 Å². The van der Waals surface area contributed by atoms with Gasteiger partial charge in [-0.1, -0.05) is 6.07 Å². The van der Waals surface area contributed by atoms with E-state index in [2.05, 4.69) is 5.32 Å². The molecule has 3 rings (SSSR count). The highest BCUT2D eigenvalue weighted by Crippen LogP contribution is 2.28. The summed E-state index contributed by atoms with van der Waals surface area (Å²) in [6.45, 7) is 4.02. The average molecular weight is 336 g/mol. The molecular weight excluding hydrogens is 312 g/mol. The minimum absolute atomic E-state index is 0.125. The Kier molecular flexibility index (Phi) is 5.46. The Morgan fingerprint density at radius 1 is 1.43 bits per heavy atom. The molecule has 1 amide bonds. The van der Waals surface area contributed by atoms with Gasteiger partial charge in [-0.15, -0.1) is 11.8 Å². The van der Waals surface area contributed by atoms with Gasteiger partial charge < -0.3 is 19.7 Å². The number of thioether (sulfide) groups is 1. The highest BCUT2D eigenvalue weighted by atomic mass is 32.2. The lowest BCUT2D eigenvalue weighted by atomic mass is 9.90. The van der Waals surface area contributed by atoms with Crippen LogP contribution in [-0.2, 0) is 9.53 Å². The van der Waals surface area contributed by atoms with Crippen molar-refractivity contribution in [2.75, 3.05) is 45.6 Å². The molecule has 5 nitrogen and oxygen atoms in total. The normalized spacial score (nSPS) is 20.5. The van der Waals surface area contributed by atoms with Gasteiger partial charge in [0.2, 0.25) is 5.91 Å². The van der Waals surface area contributed by atoms with Gasteiger partial charge in [0, 0.05) is 18.0 Å². The van der Waals surface area contributed by atoms with Crippen molar-refractivity contribution in [2.24, 2.45) is 0 Å². The molecule has 6 heteroatoms. The van der Waals surface area contributed by atoms with E-state index in [1.807, 2.05) is 29.2 Å². The van der Waals surface area contributed by atoms with E-state index in [0.29, 0.717) is 18.9 Å². The Bertz CT molecular complexity index is 541. The van der Waals surface area contributed by atoms with Crippen molar-refractivity contribution in [3.05, 3.63) is 24.3 Å². The second-order valence-electron chi connectivity index (χ2n) is 6.06. The lowest BCUT2D eigenvalue weighted by Gasteiger charge is -2.45. The molecule has 0 aromatic heterocycles. The number of hydrogen-bond donors (Lipinski definition) is 1. The topological polar surface area (TPSA) is 50.8 Å². The van der Waals surface area contributed by atoms with Crippen molar-refractivity contribution in [1.29, 1.82) is 0 Å². The number of hydrogen-bond acceptors (Lipinski definition) is 5. The van der Waals surface area contributed by atoms with E-state index in [1.165, 1.54) is 0 Å². The number of methoxy groups -OCH3 is 1. The lowest BCUT2D eigenvalue weighted by molar-refractivity contribution is -0.152. The molecule has 23 heavy (non-hydrogen) atoms. The SMILES string of the molecule is COc1cccc(SCC(=O)N2CCOC3(CCNCC3)C2)c1. The second-order valence-corrected chi connectivity index (χ2v) is 7.11. The third-order valence-electron chi connectivity index (χ3n) is 4.52. The first-order valence-electron chi connectivity index (χ1n) is 8.10. The summed E-state index contributed by atoms with van der Waals surface area (Å²) in [5.74, 6) is 1.48. The van der Waals surface area contributed by atoms with Gasteiger partial charge in [0.1, 0.15) is 5.75 Å². The largest absolute Gasteiger partial charge is 0.497 e. The van der Waals surface area contributed by atoms with Crippen molar-refractivity contribution in [3.8, 4) is 5.75 Å². The summed E-state index contributed by atoms with van der Waals surface area (Å²) in [7, 11) is 1.65. The van der Waals surface area contributed by atoms with Crippen molar-refractivity contribution >= 4 is 17.7 Å². The molecule has 2 fully saturated rings. The third-order valence-corrected chi connectivity index (χ3v) is 5.50. The molecule has 1 spiro atoms. The summed E-state index contributed by atoms with van der Waals surface area (Å²) in [6, 6.07) is 7.83. The summed E-state index contributed by atoms with van der Waals surface area (Å²) < 4.78 is 11.2. The molecule has 0 atom stereocenters.